The molecule has 0 spiro atoms. The molecule has 1 heterocycles. The molecule has 1 aromatic carbocycles. The summed E-state index contributed by atoms with van der Waals surface area (Å²) in [6.45, 7) is 11.6. The second-order valence-electron chi connectivity index (χ2n) is 12.5. The number of aromatic nitrogens is 1. The standard InChI is InChI=1S/C29H41N3O4S/c1-17(18-10-8-7-9-11-18)30-23(35)14-19-24-20(37-26(31-24)32-25(36)27(2,3)4)15-21-28(19,5)13-12-22(34)29(21,6)16-33/h7-11,17,19,21-22,33-34H,12-16H2,1-6H3,(H,30,35)(H,31,32,36)/t17-,19-,21+,22-,28+,29+/m1/s1. The molecular weight excluding hydrogens is 486 g/mol. The number of hydrogen-bond acceptors (Lipinski definition) is 6. The Morgan fingerprint density at radius 3 is 2.51 bits per heavy atom. The Morgan fingerprint density at radius 2 is 1.89 bits per heavy atom. The van der Waals surface area contributed by atoms with Crippen molar-refractivity contribution < 1.29 is 19.8 Å². The number of nitrogens with one attached hydrogen (secondary N) is 2. The van der Waals surface area contributed by atoms with Gasteiger partial charge < -0.3 is 20.8 Å². The van der Waals surface area contributed by atoms with E-state index < -0.39 is 16.9 Å². The van der Waals surface area contributed by atoms with Gasteiger partial charge in [-0.25, -0.2) is 4.98 Å². The molecule has 2 aliphatic rings. The van der Waals surface area contributed by atoms with Gasteiger partial charge in [0, 0.05) is 28.0 Å². The average molecular weight is 528 g/mol. The first kappa shape index (κ1) is 27.7. The monoisotopic (exact) mass is 527 g/mol. The van der Waals surface area contributed by atoms with E-state index in [9.17, 15) is 19.8 Å². The van der Waals surface area contributed by atoms with E-state index in [-0.39, 0.29) is 48.1 Å². The van der Waals surface area contributed by atoms with Crippen LogP contribution >= 0.6 is 11.3 Å². The third kappa shape index (κ3) is 5.20. The number of hydrogen-bond donors (Lipinski definition) is 4. The zero-order valence-corrected chi connectivity index (χ0v) is 23.6. The molecule has 8 heteroatoms. The zero-order valence-electron chi connectivity index (χ0n) is 22.8. The summed E-state index contributed by atoms with van der Waals surface area (Å²) in [4.78, 5) is 32.0. The van der Waals surface area contributed by atoms with Crippen molar-refractivity contribution in [2.24, 2.45) is 22.2 Å². The van der Waals surface area contributed by atoms with Crippen LogP contribution in [0.4, 0.5) is 5.13 Å². The van der Waals surface area contributed by atoms with Gasteiger partial charge in [0.2, 0.25) is 11.8 Å². The minimum atomic E-state index is -0.685. The highest BCUT2D eigenvalue weighted by Gasteiger charge is 2.59. The van der Waals surface area contributed by atoms with Crippen LogP contribution in [-0.2, 0) is 16.0 Å². The van der Waals surface area contributed by atoms with Crippen LogP contribution in [0.15, 0.2) is 30.3 Å². The third-order valence-electron chi connectivity index (χ3n) is 8.86. The number of nitrogens with zero attached hydrogens (tertiary/aromatic N) is 1. The number of carbonyl (C=O) groups excluding carboxylic acids is 2. The first-order chi connectivity index (χ1) is 17.3. The van der Waals surface area contributed by atoms with Crippen LogP contribution in [0.3, 0.4) is 0 Å². The van der Waals surface area contributed by atoms with E-state index in [4.69, 9.17) is 4.98 Å². The Morgan fingerprint density at radius 1 is 1.22 bits per heavy atom. The van der Waals surface area contributed by atoms with E-state index >= 15 is 0 Å². The van der Waals surface area contributed by atoms with Gasteiger partial charge in [-0.2, -0.15) is 0 Å². The minimum Gasteiger partial charge on any atom is -0.396 e. The molecule has 2 aromatic rings. The van der Waals surface area contributed by atoms with Gasteiger partial charge in [0.15, 0.2) is 5.13 Å². The van der Waals surface area contributed by atoms with Crippen LogP contribution in [-0.4, -0.2) is 39.7 Å². The zero-order chi connectivity index (χ0) is 27.2. The molecule has 0 radical (unpaired) electrons. The lowest BCUT2D eigenvalue weighted by atomic mass is 9.47. The summed E-state index contributed by atoms with van der Waals surface area (Å²) in [5.74, 6) is -0.389. The topological polar surface area (TPSA) is 112 Å². The second kappa shape index (κ2) is 10.1. The average Bonchev–Trinajstić information content (AvgIpc) is 3.25. The SMILES string of the molecule is C[C@@H](NC(=O)C[C@@H]1c2nc(NC(=O)C(C)(C)C)sc2C[C@@H]2[C@](C)(CO)[C@H](O)CC[C@]21C)c1ccccc1. The molecule has 4 N–H and O–H groups in total. The normalized spacial score (nSPS) is 30.1. The van der Waals surface area contributed by atoms with Crippen LogP contribution in [0.25, 0.3) is 0 Å². The number of carbonyl (C=O) groups is 2. The van der Waals surface area contributed by atoms with E-state index in [0.29, 0.717) is 18.0 Å². The molecule has 6 atom stereocenters. The van der Waals surface area contributed by atoms with Gasteiger partial charge in [0.25, 0.3) is 0 Å². The summed E-state index contributed by atoms with van der Waals surface area (Å²) in [6.07, 6.45) is 1.60. The maximum Gasteiger partial charge on any atom is 0.231 e. The number of benzene rings is 1. The highest BCUT2D eigenvalue weighted by molar-refractivity contribution is 7.15. The molecule has 1 saturated carbocycles. The van der Waals surface area contributed by atoms with Gasteiger partial charge in [-0.3, -0.25) is 9.59 Å². The molecule has 0 saturated heterocycles. The van der Waals surface area contributed by atoms with Gasteiger partial charge in [-0.15, -0.1) is 11.3 Å². The Kier molecular flexibility index (Phi) is 7.58. The van der Waals surface area contributed by atoms with Crippen molar-refractivity contribution in [3.8, 4) is 0 Å². The summed E-state index contributed by atoms with van der Waals surface area (Å²) < 4.78 is 0. The van der Waals surface area contributed by atoms with E-state index in [1.165, 1.54) is 11.3 Å². The Hall–Kier alpha value is -2.29. The van der Waals surface area contributed by atoms with E-state index in [0.717, 1.165) is 22.6 Å². The van der Waals surface area contributed by atoms with Crippen LogP contribution in [0.2, 0.25) is 0 Å². The maximum absolute atomic E-state index is 13.4. The van der Waals surface area contributed by atoms with Crippen LogP contribution in [0.1, 0.15) is 88.9 Å². The van der Waals surface area contributed by atoms with Crippen molar-refractivity contribution in [2.45, 2.75) is 85.3 Å². The predicted octanol–water partition coefficient (Wildman–Crippen LogP) is 4.81. The molecule has 7 nitrogen and oxygen atoms in total. The molecule has 0 aliphatic heterocycles. The molecule has 1 aromatic heterocycles. The number of anilines is 1. The van der Waals surface area contributed by atoms with Gasteiger partial charge in [-0.05, 0) is 43.1 Å². The van der Waals surface area contributed by atoms with E-state index in [2.05, 4.69) is 17.6 Å². The summed E-state index contributed by atoms with van der Waals surface area (Å²) in [7, 11) is 0. The highest BCUT2D eigenvalue weighted by Crippen LogP contribution is 2.62. The fourth-order valence-corrected chi connectivity index (χ4v) is 7.36. The Labute approximate surface area is 224 Å². The lowest BCUT2D eigenvalue weighted by Gasteiger charge is -2.58. The van der Waals surface area contributed by atoms with Crippen molar-refractivity contribution in [1.82, 2.24) is 10.3 Å². The van der Waals surface area contributed by atoms with Gasteiger partial charge >= 0.3 is 0 Å². The summed E-state index contributed by atoms with van der Waals surface area (Å²) in [5.41, 5.74) is 0.329. The van der Waals surface area contributed by atoms with Crippen LogP contribution in [0.5, 0.6) is 0 Å². The molecular formula is C29H41N3O4S. The first-order valence-electron chi connectivity index (χ1n) is 13.2. The number of aliphatic hydroxyl groups is 2. The molecule has 1 fully saturated rings. The number of thiazole rings is 1. The molecule has 202 valence electrons. The van der Waals surface area contributed by atoms with E-state index in [1.807, 2.05) is 65.0 Å². The largest absolute Gasteiger partial charge is 0.396 e. The third-order valence-corrected chi connectivity index (χ3v) is 9.87. The summed E-state index contributed by atoms with van der Waals surface area (Å²) >= 11 is 1.45. The number of aliphatic hydroxyl groups excluding tert-OH is 2. The van der Waals surface area contributed by atoms with Crippen molar-refractivity contribution in [1.29, 1.82) is 0 Å². The van der Waals surface area contributed by atoms with Crippen molar-refractivity contribution in [3.05, 3.63) is 46.5 Å². The van der Waals surface area contributed by atoms with E-state index in [1.54, 1.807) is 0 Å². The number of fused-ring (bicyclic) bond motifs is 2. The number of amides is 2. The quantitative estimate of drug-likeness (QED) is 0.431. The smallest absolute Gasteiger partial charge is 0.231 e. The van der Waals surface area contributed by atoms with Crippen molar-refractivity contribution >= 4 is 28.3 Å². The minimum absolute atomic E-state index is 0.0304. The van der Waals surface area contributed by atoms with Crippen molar-refractivity contribution in [2.75, 3.05) is 11.9 Å². The fourth-order valence-electron chi connectivity index (χ4n) is 6.29. The van der Waals surface area contributed by atoms with Crippen molar-refractivity contribution in [3.63, 3.8) is 0 Å². The first-order valence-corrected chi connectivity index (χ1v) is 14.1. The molecule has 2 amide bonds. The van der Waals surface area contributed by atoms with Crippen LogP contribution < -0.4 is 10.6 Å². The van der Waals surface area contributed by atoms with Crippen LogP contribution in [0, 0.1) is 22.2 Å². The second-order valence-corrected chi connectivity index (χ2v) is 13.6. The maximum atomic E-state index is 13.4. The molecule has 37 heavy (non-hydrogen) atoms. The number of rotatable bonds is 6. The van der Waals surface area contributed by atoms with Gasteiger partial charge in [0.05, 0.1) is 24.4 Å². The highest BCUT2D eigenvalue weighted by atomic mass is 32.1. The molecule has 0 unspecified atom stereocenters. The Balaban J connectivity index is 1.68. The Bertz CT molecular complexity index is 1140. The van der Waals surface area contributed by atoms with Gasteiger partial charge in [-0.1, -0.05) is 65.0 Å². The predicted molar refractivity (Wildman–Crippen MR) is 146 cm³/mol. The molecule has 4 rings (SSSR count). The lowest BCUT2D eigenvalue weighted by Crippen LogP contribution is -2.57. The molecule has 2 aliphatic carbocycles. The fraction of sp³-hybridized carbons (Fsp3) is 0.621. The lowest BCUT2D eigenvalue weighted by molar-refractivity contribution is -0.144. The molecule has 0 bridgehead atoms. The summed E-state index contributed by atoms with van der Waals surface area (Å²) in [5, 5.41) is 28.1. The summed E-state index contributed by atoms with van der Waals surface area (Å²) in [6, 6.07) is 9.75. The van der Waals surface area contributed by atoms with Gasteiger partial charge in [0.1, 0.15) is 0 Å².